The third kappa shape index (κ3) is 3.74. The van der Waals surface area contributed by atoms with Gasteiger partial charge < -0.3 is 19.3 Å². The van der Waals surface area contributed by atoms with Crippen LogP contribution >= 0.6 is 0 Å². The van der Waals surface area contributed by atoms with E-state index >= 15 is 0 Å². The molecule has 1 fully saturated rings. The van der Waals surface area contributed by atoms with Gasteiger partial charge in [0.2, 0.25) is 0 Å². The van der Waals surface area contributed by atoms with Crippen molar-refractivity contribution in [2.45, 2.75) is 44.6 Å². The zero-order chi connectivity index (χ0) is 15.3. The van der Waals surface area contributed by atoms with Gasteiger partial charge in [0.1, 0.15) is 11.3 Å². The maximum absolute atomic E-state index is 12.0. The summed E-state index contributed by atoms with van der Waals surface area (Å²) in [6, 6.07) is 1.59. The summed E-state index contributed by atoms with van der Waals surface area (Å²) >= 11 is 0. The first kappa shape index (κ1) is 15.3. The number of hydrogen-bond donors (Lipinski definition) is 1. The maximum Gasteiger partial charge on any atom is 0.331 e. The summed E-state index contributed by atoms with van der Waals surface area (Å²) in [6.45, 7) is 1.51. The molecule has 0 bridgehead atoms. The first-order valence-electron chi connectivity index (χ1n) is 7.01. The number of rotatable bonds is 5. The second-order valence-corrected chi connectivity index (χ2v) is 5.25. The Balaban J connectivity index is 1.93. The van der Waals surface area contributed by atoms with E-state index < -0.39 is 11.5 Å². The van der Waals surface area contributed by atoms with Crippen LogP contribution in [-0.4, -0.2) is 36.3 Å². The van der Waals surface area contributed by atoms with Gasteiger partial charge in [0.15, 0.2) is 6.61 Å². The van der Waals surface area contributed by atoms with Gasteiger partial charge in [-0.15, -0.1) is 0 Å². The van der Waals surface area contributed by atoms with Crippen molar-refractivity contribution in [3.05, 3.63) is 11.8 Å². The molecule has 0 atom stereocenters. The van der Waals surface area contributed by atoms with E-state index in [9.17, 15) is 9.59 Å². The van der Waals surface area contributed by atoms with Crippen LogP contribution in [0.1, 0.15) is 37.9 Å². The number of nitrogens with one attached hydrogen (secondary N) is 1. The van der Waals surface area contributed by atoms with Gasteiger partial charge in [-0.25, -0.2) is 4.79 Å². The fourth-order valence-electron chi connectivity index (χ4n) is 2.58. The van der Waals surface area contributed by atoms with Crippen molar-refractivity contribution in [1.82, 2.24) is 10.5 Å². The third-order valence-corrected chi connectivity index (χ3v) is 3.62. The molecule has 7 nitrogen and oxygen atoms in total. The van der Waals surface area contributed by atoms with Crippen LogP contribution in [0.3, 0.4) is 0 Å². The lowest BCUT2D eigenvalue weighted by Gasteiger charge is -2.35. The second kappa shape index (κ2) is 6.60. The van der Waals surface area contributed by atoms with Crippen molar-refractivity contribution < 1.29 is 23.6 Å². The van der Waals surface area contributed by atoms with E-state index in [2.05, 4.69) is 10.5 Å². The molecule has 1 N–H and O–H groups in total. The average Bonchev–Trinajstić information content (AvgIpc) is 2.91. The Morgan fingerprint density at radius 3 is 2.67 bits per heavy atom. The van der Waals surface area contributed by atoms with Crippen LogP contribution in [-0.2, 0) is 14.3 Å². The van der Waals surface area contributed by atoms with Gasteiger partial charge in [0.05, 0.1) is 7.11 Å². The van der Waals surface area contributed by atoms with Crippen LogP contribution in [0.2, 0.25) is 0 Å². The molecular formula is C14H20N2O5. The van der Waals surface area contributed by atoms with Crippen molar-refractivity contribution in [3.63, 3.8) is 0 Å². The molecule has 0 aliphatic heterocycles. The molecule has 1 amide bonds. The molecule has 1 saturated carbocycles. The SMILES string of the molecule is COC(=O)C1(NC(=O)COc2cc(C)on2)CCCCC1. The maximum atomic E-state index is 12.0. The van der Waals surface area contributed by atoms with Crippen LogP contribution < -0.4 is 10.1 Å². The van der Waals surface area contributed by atoms with E-state index in [-0.39, 0.29) is 18.4 Å². The number of ether oxygens (including phenoxy) is 2. The lowest BCUT2D eigenvalue weighted by Crippen LogP contribution is -2.57. The standard InChI is InChI=1S/C14H20N2O5/c1-10-8-12(16-21-10)20-9-11(17)15-14(13(18)19-2)6-4-3-5-7-14/h8H,3-7,9H2,1-2H3,(H,15,17). The van der Waals surface area contributed by atoms with E-state index in [0.29, 0.717) is 18.6 Å². The summed E-state index contributed by atoms with van der Waals surface area (Å²) in [5, 5.41) is 6.40. The predicted octanol–water partition coefficient (Wildman–Crippen LogP) is 1.35. The first-order valence-corrected chi connectivity index (χ1v) is 7.01. The molecule has 1 aliphatic carbocycles. The molecule has 1 aromatic rings. The number of amides is 1. The Morgan fingerprint density at radius 2 is 2.10 bits per heavy atom. The lowest BCUT2D eigenvalue weighted by atomic mass is 9.81. The molecule has 0 unspecified atom stereocenters. The Labute approximate surface area is 123 Å². The number of hydrogen-bond acceptors (Lipinski definition) is 6. The fourth-order valence-corrected chi connectivity index (χ4v) is 2.58. The normalized spacial score (nSPS) is 17.0. The van der Waals surface area contributed by atoms with Crippen molar-refractivity contribution in [3.8, 4) is 5.88 Å². The predicted molar refractivity (Wildman–Crippen MR) is 72.7 cm³/mol. The van der Waals surface area contributed by atoms with Crippen LogP contribution in [0.25, 0.3) is 0 Å². The number of aromatic nitrogens is 1. The molecule has 0 aromatic carbocycles. The molecule has 1 aliphatic rings. The summed E-state index contributed by atoms with van der Waals surface area (Å²) in [7, 11) is 1.33. The molecule has 21 heavy (non-hydrogen) atoms. The summed E-state index contributed by atoms with van der Waals surface area (Å²) in [4.78, 5) is 24.0. The molecule has 116 valence electrons. The lowest BCUT2D eigenvalue weighted by molar-refractivity contribution is -0.153. The van der Waals surface area contributed by atoms with E-state index in [0.717, 1.165) is 19.3 Å². The van der Waals surface area contributed by atoms with E-state index in [4.69, 9.17) is 14.0 Å². The van der Waals surface area contributed by atoms with Crippen LogP contribution in [0.5, 0.6) is 5.88 Å². The summed E-state index contributed by atoms with van der Waals surface area (Å²) in [6.07, 6.45) is 4.02. The van der Waals surface area contributed by atoms with Gasteiger partial charge >= 0.3 is 5.97 Å². The van der Waals surface area contributed by atoms with Gasteiger partial charge in [0.25, 0.3) is 11.8 Å². The minimum absolute atomic E-state index is 0.218. The number of nitrogens with zero attached hydrogens (tertiary/aromatic N) is 1. The largest absolute Gasteiger partial charge is 0.467 e. The van der Waals surface area contributed by atoms with Gasteiger partial charge in [0, 0.05) is 6.07 Å². The molecule has 2 rings (SSSR count). The number of aryl methyl sites for hydroxylation is 1. The second-order valence-electron chi connectivity index (χ2n) is 5.25. The van der Waals surface area contributed by atoms with Crippen LogP contribution in [0.15, 0.2) is 10.6 Å². The summed E-state index contributed by atoms with van der Waals surface area (Å²) < 4.78 is 14.9. The zero-order valence-corrected chi connectivity index (χ0v) is 12.3. The highest BCUT2D eigenvalue weighted by atomic mass is 16.5. The van der Waals surface area contributed by atoms with Gasteiger partial charge in [-0.05, 0) is 24.9 Å². The third-order valence-electron chi connectivity index (χ3n) is 3.62. The highest BCUT2D eigenvalue weighted by molar-refractivity contribution is 5.88. The van der Waals surface area contributed by atoms with Gasteiger partial charge in [-0.2, -0.15) is 0 Å². The van der Waals surface area contributed by atoms with Crippen LogP contribution in [0.4, 0.5) is 0 Å². The Bertz CT molecular complexity index is 505. The Morgan fingerprint density at radius 1 is 1.38 bits per heavy atom. The van der Waals surface area contributed by atoms with E-state index in [1.54, 1.807) is 13.0 Å². The molecule has 0 saturated heterocycles. The fraction of sp³-hybridized carbons (Fsp3) is 0.643. The molecular weight excluding hydrogens is 276 g/mol. The molecule has 0 spiro atoms. The molecule has 1 heterocycles. The highest BCUT2D eigenvalue weighted by Gasteiger charge is 2.41. The smallest absolute Gasteiger partial charge is 0.331 e. The van der Waals surface area contributed by atoms with Crippen molar-refractivity contribution in [2.24, 2.45) is 0 Å². The minimum Gasteiger partial charge on any atom is -0.467 e. The summed E-state index contributed by atoms with van der Waals surface area (Å²) in [5.41, 5.74) is -0.923. The van der Waals surface area contributed by atoms with E-state index in [1.807, 2.05) is 0 Å². The quantitative estimate of drug-likeness (QED) is 0.825. The monoisotopic (exact) mass is 296 g/mol. The number of esters is 1. The number of carbonyl (C=O) groups is 2. The zero-order valence-electron chi connectivity index (χ0n) is 12.3. The Hall–Kier alpha value is -2.05. The topological polar surface area (TPSA) is 90.7 Å². The van der Waals surface area contributed by atoms with Crippen molar-refractivity contribution >= 4 is 11.9 Å². The first-order chi connectivity index (χ1) is 10.1. The van der Waals surface area contributed by atoms with Crippen LogP contribution in [0, 0.1) is 6.92 Å². The molecule has 1 aromatic heterocycles. The highest BCUT2D eigenvalue weighted by Crippen LogP contribution is 2.29. The number of carbonyl (C=O) groups excluding carboxylic acids is 2. The summed E-state index contributed by atoms with van der Waals surface area (Å²) in [5.74, 6) is 0.0814. The average molecular weight is 296 g/mol. The minimum atomic E-state index is -0.923. The van der Waals surface area contributed by atoms with Crippen molar-refractivity contribution in [1.29, 1.82) is 0 Å². The van der Waals surface area contributed by atoms with Gasteiger partial charge in [-0.3, -0.25) is 4.79 Å². The molecule has 7 heteroatoms. The van der Waals surface area contributed by atoms with Gasteiger partial charge in [-0.1, -0.05) is 19.3 Å². The Kier molecular flexibility index (Phi) is 4.82. The van der Waals surface area contributed by atoms with Crippen molar-refractivity contribution in [2.75, 3.05) is 13.7 Å². The number of methoxy groups -OCH3 is 1. The van der Waals surface area contributed by atoms with E-state index in [1.165, 1.54) is 7.11 Å². The molecule has 0 radical (unpaired) electrons.